The lowest BCUT2D eigenvalue weighted by Gasteiger charge is -2.15. The minimum absolute atomic E-state index is 0.00967. The number of hydrogen-bond donors (Lipinski definition) is 2. The van der Waals surface area contributed by atoms with Crippen molar-refractivity contribution in [2.75, 3.05) is 24.3 Å². The summed E-state index contributed by atoms with van der Waals surface area (Å²) < 4.78 is 70.0. The highest BCUT2D eigenvalue weighted by molar-refractivity contribution is 9.10. The number of halogens is 6. The van der Waals surface area contributed by atoms with Crippen LogP contribution in [0.2, 0.25) is 0 Å². The molecule has 0 fully saturated rings. The van der Waals surface area contributed by atoms with Crippen LogP contribution in [0.25, 0.3) is 38.5 Å². The number of esters is 2. The number of nitrogens with one attached hydrogen (secondary N) is 1. The highest BCUT2D eigenvalue weighted by atomic mass is 79.9. The van der Waals surface area contributed by atoms with Crippen molar-refractivity contribution in [3.05, 3.63) is 122 Å². The second kappa shape index (κ2) is 15.8. The van der Waals surface area contributed by atoms with Gasteiger partial charge in [-0.05, 0) is 81.4 Å². The number of carbonyl (C=O) groups excluding carboxylic acids is 2. The number of pyridine rings is 2. The van der Waals surface area contributed by atoms with Gasteiger partial charge in [-0.15, -0.1) is 0 Å². The molecule has 0 bridgehead atoms. The number of anilines is 3. The van der Waals surface area contributed by atoms with Gasteiger partial charge in [0.15, 0.2) is 0 Å². The molecule has 4 aromatic carbocycles. The largest absolute Gasteiger partial charge is 0.462 e. The average molecular weight is 868 g/mol. The molecule has 3 N–H and O–H groups in total. The molecule has 0 aliphatic carbocycles. The maximum absolute atomic E-state index is 14.6. The number of ether oxygens (including phenoxy) is 2. The van der Waals surface area contributed by atoms with E-state index >= 15 is 0 Å². The number of nitrogen functional groups attached to an aromatic ring is 1. The molecule has 16 heteroatoms. The summed E-state index contributed by atoms with van der Waals surface area (Å²) in [5.41, 5.74) is 8.47. The summed E-state index contributed by atoms with van der Waals surface area (Å²) in [7, 11) is 0. The first-order valence-electron chi connectivity index (χ1n) is 16.2. The van der Waals surface area contributed by atoms with Crippen molar-refractivity contribution >= 4 is 93.7 Å². The Bertz CT molecular complexity index is 2620. The monoisotopic (exact) mass is 866 g/mol. The third-order valence-corrected chi connectivity index (χ3v) is 9.02. The molecule has 0 amide bonds. The predicted molar refractivity (Wildman–Crippen MR) is 204 cm³/mol. The lowest BCUT2D eigenvalue weighted by atomic mass is 10.1. The zero-order valence-electron chi connectivity index (χ0n) is 28.6. The Morgan fingerprint density at radius 2 is 1.26 bits per heavy atom. The van der Waals surface area contributed by atoms with E-state index in [0.29, 0.717) is 37.2 Å². The average Bonchev–Trinajstić information content (AvgIpc) is 3.47. The van der Waals surface area contributed by atoms with Crippen molar-refractivity contribution in [1.82, 2.24) is 19.5 Å². The minimum Gasteiger partial charge on any atom is -0.462 e. The Morgan fingerprint density at radius 3 is 1.91 bits per heavy atom. The number of hydrogen-bond acceptors (Lipinski definition) is 9. The first-order chi connectivity index (χ1) is 25.8. The van der Waals surface area contributed by atoms with E-state index in [1.807, 2.05) is 0 Å². The summed E-state index contributed by atoms with van der Waals surface area (Å²) >= 11 is 6.71. The van der Waals surface area contributed by atoms with E-state index in [-0.39, 0.29) is 57.5 Å². The van der Waals surface area contributed by atoms with Crippen molar-refractivity contribution < 1.29 is 36.6 Å². The van der Waals surface area contributed by atoms with Gasteiger partial charge < -0.3 is 20.5 Å². The second-order valence-corrected chi connectivity index (χ2v) is 13.3. The van der Waals surface area contributed by atoms with Gasteiger partial charge >= 0.3 is 11.9 Å². The van der Waals surface area contributed by atoms with E-state index < -0.39 is 35.2 Å². The van der Waals surface area contributed by atoms with Crippen LogP contribution in [0.1, 0.15) is 40.4 Å². The molecule has 0 atom stereocenters. The zero-order chi connectivity index (χ0) is 38.8. The third kappa shape index (κ3) is 7.30. The van der Waals surface area contributed by atoms with Crippen molar-refractivity contribution in [2.45, 2.75) is 20.8 Å². The molecule has 0 saturated heterocycles. The van der Waals surface area contributed by atoms with Crippen LogP contribution in [-0.4, -0.2) is 44.7 Å². The Hall–Kier alpha value is -5.61. The normalized spacial score (nSPS) is 11.1. The molecule has 0 radical (unpaired) electrons. The van der Waals surface area contributed by atoms with Crippen LogP contribution in [0, 0.1) is 30.2 Å². The molecule has 0 unspecified atom stereocenters. The molecule has 0 aliphatic heterocycles. The smallest absolute Gasteiger partial charge is 0.340 e. The molecule has 10 nitrogen and oxygen atoms in total. The molecule has 0 aliphatic rings. The predicted octanol–water partition coefficient (Wildman–Crippen LogP) is 9.88. The maximum Gasteiger partial charge on any atom is 0.340 e. The van der Waals surface area contributed by atoms with E-state index in [0.717, 1.165) is 24.3 Å². The topological polar surface area (TPSA) is 134 Å². The quantitative estimate of drug-likeness (QED) is 0.0912. The van der Waals surface area contributed by atoms with Crippen molar-refractivity contribution in [3.63, 3.8) is 0 Å². The third-order valence-electron chi connectivity index (χ3n) is 8.10. The summed E-state index contributed by atoms with van der Waals surface area (Å²) in [6.07, 6.45) is 2.77. The maximum atomic E-state index is 14.6. The Morgan fingerprint density at radius 1 is 0.722 bits per heavy atom. The lowest BCUT2D eigenvalue weighted by Crippen LogP contribution is -2.10. The molecule has 276 valence electrons. The number of imidazole rings is 1. The van der Waals surface area contributed by atoms with E-state index in [1.54, 1.807) is 49.6 Å². The van der Waals surface area contributed by atoms with Gasteiger partial charge in [0.1, 0.15) is 45.6 Å². The number of fused-ring (bicyclic) bond motifs is 3. The van der Waals surface area contributed by atoms with Gasteiger partial charge in [0.25, 0.3) is 0 Å². The van der Waals surface area contributed by atoms with Crippen LogP contribution in [0.15, 0.2) is 82.0 Å². The van der Waals surface area contributed by atoms with Crippen LogP contribution < -0.4 is 11.1 Å². The van der Waals surface area contributed by atoms with Crippen LogP contribution in [0.5, 0.6) is 0 Å². The number of nitrogens with two attached hydrogens (primary N) is 1. The molecule has 0 saturated carbocycles. The fourth-order valence-corrected chi connectivity index (χ4v) is 6.74. The van der Waals surface area contributed by atoms with Gasteiger partial charge in [-0.1, -0.05) is 31.9 Å². The number of rotatable bonds is 7. The number of aryl methyl sites for hydroxylation is 1. The SMILES string of the molecule is CCOC(=O)c1cc(Br)cc(Nc2ccnc3c(F)ccc(F)c23)c1N.CCOC(=O)c1cc(Br)cc2c1nc(C)n2-c1ccnc2c(F)ccc(F)c12. The van der Waals surface area contributed by atoms with Gasteiger partial charge in [0, 0.05) is 21.3 Å². The summed E-state index contributed by atoms with van der Waals surface area (Å²) in [5, 5.41) is 2.99. The summed E-state index contributed by atoms with van der Waals surface area (Å²) in [6, 6.07) is 13.8. The first-order valence-corrected chi connectivity index (χ1v) is 17.8. The molecule has 7 rings (SSSR count). The first kappa shape index (κ1) is 38.1. The van der Waals surface area contributed by atoms with Gasteiger partial charge in [-0.25, -0.2) is 32.1 Å². The van der Waals surface area contributed by atoms with Gasteiger partial charge in [-0.3, -0.25) is 14.5 Å². The van der Waals surface area contributed by atoms with E-state index in [4.69, 9.17) is 15.2 Å². The summed E-state index contributed by atoms with van der Waals surface area (Å²) in [5.74, 6) is -3.05. The van der Waals surface area contributed by atoms with Crippen molar-refractivity contribution in [1.29, 1.82) is 0 Å². The van der Waals surface area contributed by atoms with E-state index in [2.05, 4.69) is 52.1 Å². The van der Waals surface area contributed by atoms with Crippen molar-refractivity contribution in [3.8, 4) is 5.69 Å². The highest BCUT2D eigenvalue weighted by Crippen LogP contribution is 2.35. The standard InChI is InChI=1S/C20H14BrF2N3O2.C18H14BrF2N3O2/c1-3-28-20(27)12-8-11(21)9-16-18(12)25-10(2)26(16)15-6-7-24-19-14(23)5-4-13(22)17(15)19;1-2-26-18(25)10-7-9(19)8-14(16(10)22)24-13-5-6-23-17-12(21)4-3-11(20)15(13)17/h4-9H,3H2,1-2H3;3-8H,2,22H2,1H3,(H,23,24). The van der Waals surface area contributed by atoms with Crippen LogP contribution >= 0.6 is 31.9 Å². The fourth-order valence-electron chi connectivity index (χ4n) is 5.83. The Balaban J connectivity index is 0.000000185. The highest BCUT2D eigenvalue weighted by Gasteiger charge is 2.22. The van der Waals surface area contributed by atoms with Gasteiger partial charge in [0.2, 0.25) is 0 Å². The molecule has 54 heavy (non-hydrogen) atoms. The molecular weight excluding hydrogens is 840 g/mol. The lowest BCUT2D eigenvalue weighted by molar-refractivity contribution is 0.0518. The Labute approximate surface area is 321 Å². The summed E-state index contributed by atoms with van der Waals surface area (Å²) in [6.45, 7) is 5.56. The number of carbonyl (C=O) groups is 2. The van der Waals surface area contributed by atoms with Crippen LogP contribution in [0.4, 0.5) is 34.6 Å². The van der Waals surface area contributed by atoms with Gasteiger partial charge in [-0.2, -0.15) is 0 Å². The van der Waals surface area contributed by atoms with Gasteiger partial charge in [0.05, 0.1) is 63.4 Å². The van der Waals surface area contributed by atoms with E-state index in [1.165, 1.54) is 24.5 Å². The van der Waals surface area contributed by atoms with Crippen LogP contribution in [-0.2, 0) is 9.47 Å². The minimum atomic E-state index is -0.639. The van der Waals surface area contributed by atoms with E-state index in [9.17, 15) is 27.2 Å². The molecule has 3 heterocycles. The number of benzene rings is 4. The van der Waals surface area contributed by atoms with Crippen LogP contribution in [0.3, 0.4) is 0 Å². The molecule has 7 aromatic rings. The number of nitrogens with zero attached hydrogens (tertiary/aromatic N) is 4. The van der Waals surface area contributed by atoms with Crippen molar-refractivity contribution in [2.24, 2.45) is 0 Å². The molecule has 3 aromatic heterocycles. The summed E-state index contributed by atoms with van der Waals surface area (Å²) in [4.78, 5) is 36.8. The zero-order valence-corrected chi connectivity index (χ0v) is 31.8. The second-order valence-electron chi connectivity index (χ2n) is 11.5. The number of aromatic nitrogens is 4. The molecular formula is C38H28Br2F4N6O4. The molecule has 0 spiro atoms. The Kier molecular flexibility index (Phi) is 11.1. The fraction of sp³-hybridized carbons (Fsp3) is 0.132.